The average molecular weight is 447 g/mol. The molecule has 0 aliphatic carbocycles. The molecule has 12 heteroatoms. The Hall–Kier alpha value is -4.63. The zero-order chi connectivity index (χ0) is 23.6. The van der Waals surface area contributed by atoms with Gasteiger partial charge in [-0.2, -0.15) is 5.26 Å². The second-order valence-corrected chi connectivity index (χ2v) is 6.70. The van der Waals surface area contributed by atoms with Crippen molar-refractivity contribution in [3.8, 4) is 17.3 Å². The van der Waals surface area contributed by atoms with Crippen LogP contribution in [-0.4, -0.2) is 52.0 Å². The van der Waals surface area contributed by atoms with Crippen molar-refractivity contribution in [1.82, 2.24) is 20.3 Å². The average Bonchev–Trinajstić information content (AvgIpc) is 2.85. The minimum Gasteiger partial charge on any atom is -0.368 e. The van der Waals surface area contributed by atoms with Gasteiger partial charge in [-0.15, -0.1) is 0 Å². The number of nitriles is 1. The first-order chi connectivity index (χ1) is 16.0. The van der Waals surface area contributed by atoms with Crippen LogP contribution in [0.1, 0.15) is 15.9 Å². The molecule has 0 atom stereocenters. The number of benzene rings is 1. The van der Waals surface area contributed by atoms with Gasteiger partial charge in [-0.3, -0.25) is 14.9 Å². The maximum Gasteiger partial charge on any atom is 0.287 e. The molecule has 0 saturated carbocycles. The number of anilines is 2. The Morgan fingerprint density at radius 1 is 1.06 bits per heavy atom. The van der Waals surface area contributed by atoms with Gasteiger partial charge >= 0.3 is 0 Å². The molecule has 12 nitrogen and oxygen atoms in total. The monoisotopic (exact) mass is 447 g/mol. The zero-order valence-corrected chi connectivity index (χ0v) is 17.5. The normalized spacial score (nSPS) is 10.2. The van der Waals surface area contributed by atoms with Gasteiger partial charge in [-0.05, 0) is 18.2 Å². The van der Waals surface area contributed by atoms with E-state index < -0.39 is 4.92 Å². The maximum atomic E-state index is 12.5. The molecule has 0 saturated heterocycles. The van der Waals surface area contributed by atoms with Crippen LogP contribution in [0, 0.1) is 21.4 Å². The summed E-state index contributed by atoms with van der Waals surface area (Å²) < 4.78 is 0. The molecular formula is C21H21N9O3. The number of nitro groups is 1. The molecule has 5 N–H and O–H groups in total. The number of hydrogen-bond donors (Lipinski definition) is 4. The van der Waals surface area contributed by atoms with Crippen LogP contribution in [0.2, 0.25) is 0 Å². The second kappa shape index (κ2) is 11.1. The third kappa shape index (κ3) is 6.18. The number of hydrogen-bond acceptors (Lipinski definition) is 10. The number of nitrogens with two attached hydrogens (primary N) is 1. The van der Waals surface area contributed by atoms with Gasteiger partial charge in [0.15, 0.2) is 0 Å². The summed E-state index contributed by atoms with van der Waals surface area (Å²) in [5.74, 6) is 0.453. The van der Waals surface area contributed by atoms with Crippen LogP contribution < -0.4 is 21.7 Å². The molecule has 0 aliphatic rings. The largest absolute Gasteiger partial charge is 0.368 e. The fraction of sp³-hybridized carbons (Fsp3) is 0.190. The molecule has 0 radical (unpaired) electrons. The van der Waals surface area contributed by atoms with Gasteiger partial charge in [0.25, 0.3) is 11.6 Å². The lowest BCUT2D eigenvalue weighted by molar-refractivity contribution is -0.385. The van der Waals surface area contributed by atoms with Crippen molar-refractivity contribution in [2.24, 2.45) is 5.73 Å². The zero-order valence-electron chi connectivity index (χ0n) is 17.5. The summed E-state index contributed by atoms with van der Waals surface area (Å²) >= 11 is 0. The van der Waals surface area contributed by atoms with Crippen LogP contribution in [0.5, 0.6) is 0 Å². The highest BCUT2D eigenvalue weighted by molar-refractivity contribution is 5.99. The summed E-state index contributed by atoms with van der Waals surface area (Å²) in [7, 11) is 0. The van der Waals surface area contributed by atoms with Crippen molar-refractivity contribution in [2.45, 2.75) is 0 Å². The molecule has 0 fully saturated rings. The number of pyridine rings is 1. The number of carbonyl (C=O) groups is 1. The molecule has 33 heavy (non-hydrogen) atoms. The Morgan fingerprint density at radius 3 is 2.45 bits per heavy atom. The second-order valence-electron chi connectivity index (χ2n) is 6.70. The van der Waals surface area contributed by atoms with Gasteiger partial charge in [0.1, 0.15) is 12.0 Å². The Bertz CT molecular complexity index is 1160. The van der Waals surface area contributed by atoms with Crippen molar-refractivity contribution in [1.29, 1.82) is 5.26 Å². The maximum absolute atomic E-state index is 12.5. The van der Waals surface area contributed by atoms with Crippen molar-refractivity contribution in [3.63, 3.8) is 0 Å². The summed E-state index contributed by atoms with van der Waals surface area (Å²) in [5, 5.41) is 28.5. The van der Waals surface area contributed by atoms with Gasteiger partial charge in [0, 0.05) is 44.0 Å². The predicted molar refractivity (Wildman–Crippen MR) is 121 cm³/mol. The van der Waals surface area contributed by atoms with Gasteiger partial charge in [0.05, 0.1) is 27.8 Å². The minimum absolute atomic E-state index is 0.0852. The van der Waals surface area contributed by atoms with Crippen LogP contribution >= 0.6 is 0 Å². The molecule has 168 valence electrons. The summed E-state index contributed by atoms with van der Waals surface area (Å²) in [4.78, 5) is 35.4. The quantitative estimate of drug-likeness (QED) is 0.202. The molecule has 0 aliphatic heterocycles. The van der Waals surface area contributed by atoms with Crippen LogP contribution in [0.3, 0.4) is 0 Å². The van der Waals surface area contributed by atoms with Gasteiger partial charge in [0.2, 0.25) is 5.95 Å². The number of nitrogens with one attached hydrogen (secondary N) is 3. The number of nitrogens with zero attached hydrogens (tertiary/aromatic N) is 5. The van der Waals surface area contributed by atoms with E-state index >= 15 is 0 Å². The van der Waals surface area contributed by atoms with Gasteiger partial charge < -0.3 is 21.7 Å². The van der Waals surface area contributed by atoms with Crippen molar-refractivity contribution >= 4 is 23.4 Å². The molecular weight excluding hydrogens is 426 g/mol. The van der Waals surface area contributed by atoms with E-state index in [1.54, 1.807) is 24.3 Å². The Kier molecular flexibility index (Phi) is 7.76. The molecule has 3 aromatic rings. The topological polar surface area (TPSA) is 185 Å². The first-order valence-corrected chi connectivity index (χ1v) is 9.96. The van der Waals surface area contributed by atoms with Crippen molar-refractivity contribution < 1.29 is 9.72 Å². The molecule has 0 unspecified atom stereocenters. The molecule has 0 bridgehead atoms. The third-order valence-electron chi connectivity index (χ3n) is 4.42. The summed E-state index contributed by atoms with van der Waals surface area (Å²) in [6.07, 6.45) is 2.61. The highest BCUT2D eigenvalue weighted by Gasteiger charge is 2.16. The van der Waals surface area contributed by atoms with E-state index in [4.69, 9.17) is 11.0 Å². The Morgan fingerprint density at radius 2 is 1.82 bits per heavy atom. The van der Waals surface area contributed by atoms with E-state index in [1.165, 1.54) is 24.5 Å². The van der Waals surface area contributed by atoms with E-state index in [2.05, 4.69) is 37.0 Å². The summed E-state index contributed by atoms with van der Waals surface area (Å²) in [5.41, 5.74) is 7.23. The molecule has 3 rings (SSSR count). The molecule has 0 spiro atoms. The van der Waals surface area contributed by atoms with E-state index in [0.29, 0.717) is 54.8 Å². The van der Waals surface area contributed by atoms with Crippen molar-refractivity contribution in [2.75, 3.05) is 36.8 Å². The smallest absolute Gasteiger partial charge is 0.287 e. The van der Waals surface area contributed by atoms with Crippen LogP contribution in [0.4, 0.5) is 17.5 Å². The first kappa shape index (κ1) is 23.0. The highest BCUT2D eigenvalue weighted by Crippen LogP contribution is 2.23. The van der Waals surface area contributed by atoms with E-state index in [9.17, 15) is 14.9 Å². The predicted octanol–water partition coefficient (Wildman–Crippen LogP) is 1.53. The molecule has 1 amide bonds. The Labute approximate surface area is 189 Å². The van der Waals surface area contributed by atoms with Crippen molar-refractivity contribution in [3.05, 3.63) is 70.0 Å². The number of rotatable bonds is 10. The van der Waals surface area contributed by atoms with Crippen LogP contribution in [0.15, 0.2) is 48.8 Å². The SMILES string of the molecule is N#Cc1ccc(-c2nc(NCCNc3ccc([N+](=O)[O-])cn3)ncc2C(=O)NCCN)cc1. The lowest BCUT2D eigenvalue weighted by atomic mass is 10.0. The van der Waals surface area contributed by atoms with E-state index in [-0.39, 0.29) is 17.2 Å². The molecule has 2 aromatic heterocycles. The molecule has 2 heterocycles. The minimum atomic E-state index is -0.513. The van der Waals surface area contributed by atoms with Gasteiger partial charge in [-0.25, -0.2) is 15.0 Å². The summed E-state index contributed by atoms with van der Waals surface area (Å²) in [6.45, 7) is 1.48. The van der Waals surface area contributed by atoms with E-state index in [1.807, 2.05) is 0 Å². The number of carbonyl (C=O) groups excluding carboxylic acids is 1. The van der Waals surface area contributed by atoms with Crippen LogP contribution in [0.25, 0.3) is 11.3 Å². The number of aromatic nitrogens is 3. The van der Waals surface area contributed by atoms with Gasteiger partial charge in [-0.1, -0.05) is 12.1 Å². The summed E-state index contributed by atoms with van der Waals surface area (Å²) in [6, 6.07) is 11.7. The van der Waals surface area contributed by atoms with E-state index in [0.717, 1.165) is 0 Å². The van der Waals surface area contributed by atoms with Crippen LogP contribution in [-0.2, 0) is 0 Å². The first-order valence-electron chi connectivity index (χ1n) is 9.96. The lowest BCUT2D eigenvalue weighted by Gasteiger charge is -2.12. The molecule has 1 aromatic carbocycles. The number of amides is 1. The third-order valence-corrected chi connectivity index (χ3v) is 4.42. The standard InChI is InChI=1S/C21H21N9O3/c22-7-8-25-20(31)17-13-28-21(29-19(17)15-3-1-14(11-23)2-4-15)26-10-9-24-18-6-5-16(12-27-18)30(32)33/h1-6,12-13H,7-10,22H2,(H,24,27)(H,25,31)(H,26,28,29). The fourth-order valence-corrected chi connectivity index (χ4v) is 2.80. The Balaban J connectivity index is 1.70. The lowest BCUT2D eigenvalue weighted by Crippen LogP contribution is -2.29. The highest BCUT2D eigenvalue weighted by atomic mass is 16.6. The fourth-order valence-electron chi connectivity index (χ4n) is 2.80.